The maximum absolute atomic E-state index is 10.3. The van der Waals surface area contributed by atoms with Crippen molar-refractivity contribution in [2.75, 3.05) is 0 Å². The van der Waals surface area contributed by atoms with E-state index in [1.165, 1.54) is 25.7 Å². The summed E-state index contributed by atoms with van der Waals surface area (Å²) in [4.78, 5) is 10.3. The van der Waals surface area contributed by atoms with E-state index < -0.39 is 5.97 Å². The number of unbranched alkanes of at least 4 members (excludes halogenated alkanes) is 4. The van der Waals surface area contributed by atoms with Gasteiger partial charge in [0.1, 0.15) is 0 Å². The molecule has 0 amide bonds. The third kappa shape index (κ3) is 18.4. The summed E-state index contributed by atoms with van der Waals surface area (Å²) in [5, 5.41) is 8.49. The van der Waals surface area contributed by atoms with Crippen molar-refractivity contribution < 1.29 is 9.90 Å². The van der Waals surface area contributed by atoms with Crippen LogP contribution in [0, 0.1) is 0 Å². The van der Waals surface area contributed by atoms with Crippen LogP contribution in [0.1, 0.15) is 71.1 Å². The molecule has 0 bridgehead atoms. The first-order valence-electron chi connectivity index (χ1n) is 8.59. The van der Waals surface area contributed by atoms with Crippen molar-refractivity contribution in [2.45, 2.75) is 71.1 Å². The molecule has 0 saturated heterocycles. The Hall–Kier alpha value is -1.57. The SMILES string of the molecule is CCCCC/C=C\CC=CCC=CCC=CCCCC(=O)O. The van der Waals surface area contributed by atoms with Crippen LogP contribution in [0.4, 0.5) is 0 Å². The van der Waals surface area contributed by atoms with E-state index in [0.717, 1.165) is 32.1 Å². The van der Waals surface area contributed by atoms with E-state index >= 15 is 0 Å². The Balaban J connectivity index is 3.40. The number of carbonyl (C=O) groups is 1. The summed E-state index contributed by atoms with van der Waals surface area (Å²) in [5.74, 6) is -0.712. The lowest BCUT2D eigenvalue weighted by Gasteiger charge is -1.90. The maximum atomic E-state index is 10.3. The Morgan fingerprint density at radius 2 is 1.18 bits per heavy atom. The highest BCUT2D eigenvalue weighted by Crippen LogP contribution is 2.01. The lowest BCUT2D eigenvalue weighted by molar-refractivity contribution is -0.137. The summed E-state index contributed by atoms with van der Waals surface area (Å²) in [6.07, 6.45) is 27.3. The average Bonchev–Trinajstić information content (AvgIpc) is 2.50. The topological polar surface area (TPSA) is 37.3 Å². The molecule has 0 radical (unpaired) electrons. The number of carboxylic acids is 1. The minimum absolute atomic E-state index is 0.262. The Kier molecular flexibility index (Phi) is 16.2. The fourth-order valence-corrected chi connectivity index (χ4v) is 1.93. The molecule has 1 N–H and O–H groups in total. The van der Waals surface area contributed by atoms with Gasteiger partial charge in [-0.2, -0.15) is 0 Å². The molecular weight excluding hydrogens is 272 g/mol. The molecule has 0 aliphatic carbocycles. The number of rotatable bonds is 14. The van der Waals surface area contributed by atoms with Gasteiger partial charge in [0, 0.05) is 6.42 Å². The summed E-state index contributed by atoms with van der Waals surface area (Å²) < 4.78 is 0. The van der Waals surface area contributed by atoms with Gasteiger partial charge in [0.2, 0.25) is 0 Å². The Morgan fingerprint density at radius 1 is 0.727 bits per heavy atom. The van der Waals surface area contributed by atoms with E-state index in [0.29, 0.717) is 0 Å². The average molecular weight is 304 g/mol. The highest BCUT2D eigenvalue weighted by atomic mass is 16.4. The normalized spacial score (nSPS) is 12.4. The fourth-order valence-electron chi connectivity index (χ4n) is 1.93. The summed E-state index contributed by atoms with van der Waals surface area (Å²) >= 11 is 0. The molecule has 0 spiro atoms. The van der Waals surface area contributed by atoms with Gasteiger partial charge < -0.3 is 5.11 Å². The van der Waals surface area contributed by atoms with Crippen molar-refractivity contribution in [2.24, 2.45) is 0 Å². The van der Waals surface area contributed by atoms with Crippen LogP contribution in [0.15, 0.2) is 48.6 Å². The van der Waals surface area contributed by atoms with E-state index in [2.05, 4.69) is 55.5 Å². The highest BCUT2D eigenvalue weighted by molar-refractivity contribution is 5.66. The third-order valence-electron chi connectivity index (χ3n) is 3.22. The molecule has 0 aliphatic heterocycles. The first-order chi connectivity index (χ1) is 10.8. The van der Waals surface area contributed by atoms with E-state index in [4.69, 9.17) is 5.11 Å². The molecule has 2 heteroatoms. The summed E-state index contributed by atoms with van der Waals surface area (Å²) in [6.45, 7) is 2.23. The molecule has 2 nitrogen and oxygen atoms in total. The largest absolute Gasteiger partial charge is 0.481 e. The predicted octanol–water partition coefficient (Wildman–Crippen LogP) is 6.22. The number of hydrogen-bond acceptors (Lipinski definition) is 1. The standard InChI is InChI=1S/C20H32O2/c1-2-3-4-5-6-7-8-9-10-11-12-13-14-15-16-17-18-19-20(21)22/h6-7,9-10,12-13,15-16H,2-5,8,11,14,17-19H2,1H3,(H,21,22)/b7-6-,10-9?,13-12?,16-15?. The van der Waals surface area contributed by atoms with Crippen LogP contribution in [0.5, 0.6) is 0 Å². The summed E-state index contributed by atoms with van der Waals surface area (Å²) in [6, 6.07) is 0. The van der Waals surface area contributed by atoms with Crippen LogP contribution in [0.2, 0.25) is 0 Å². The molecule has 0 aliphatic rings. The number of aliphatic carboxylic acids is 1. The second kappa shape index (κ2) is 17.5. The molecule has 0 fully saturated rings. The van der Waals surface area contributed by atoms with Crippen molar-refractivity contribution in [3.05, 3.63) is 48.6 Å². The highest BCUT2D eigenvalue weighted by Gasteiger charge is 1.92. The van der Waals surface area contributed by atoms with E-state index in [1.54, 1.807) is 0 Å². The van der Waals surface area contributed by atoms with Gasteiger partial charge in [0.15, 0.2) is 0 Å². The van der Waals surface area contributed by atoms with Gasteiger partial charge in [-0.3, -0.25) is 4.79 Å². The zero-order chi connectivity index (χ0) is 16.3. The predicted molar refractivity (Wildman–Crippen MR) is 96.0 cm³/mol. The van der Waals surface area contributed by atoms with Crippen molar-refractivity contribution >= 4 is 5.97 Å². The fraction of sp³-hybridized carbons (Fsp3) is 0.550. The van der Waals surface area contributed by atoms with Crippen molar-refractivity contribution in [3.8, 4) is 0 Å². The lowest BCUT2D eigenvalue weighted by Crippen LogP contribution is -1.92. The minimum Gasteiger partial charge on any atom is -0.481 e. The molecule has 0 aromatic heterocycles. The number of allylic oxidation sites excluding steroid dienone is 8. The van der Waals surface area contributed by atoms with Gasteiger partial charge in [-0.05, 0) is 44.9 Å². The van der Waals surface area contributed by atoms with Gasteiger partial charge in [0.05, 0.1) is 0 Å². The molecule has 0 aromatic carbocycles. The molecule has 22 heavy (non-hydrogen) atoms. The van der Waals surface area contributed by atoms with Gasteiger partial charge in [-0.15, -0.1) is 0 Å². The van der Waals surface area contributed by atoms with Crippen LogP contribution >= 0.6 is 0 Å². The molecular formula is C20H32O2. The van der Waals surface area contributed by atoms with Crippen LogP contribution in [-0.2, 0) is 4.79 Å². The van der Waals surface area contributed by atoms with Crippen molar-refractivity contribution in [1.29, 1.82) is 0 Å². The van der Waals surface area contributed by atoms with Gasteiger partial charge in [-0.25, -0.2) is 0 Å². The van der Waals surface area contributed by atoms with E-state index in [9.17, 15) is 4.79 Å². The second-order valence-electron chi connectivity index (χ2n) is 5.37. The third-order valence-corrected chi connectivity index (χ3v) is 3.22. The molecule has 0 rings (SSSR count). The van der Waals surface area contributed by atoms with Crippen molar-refractivity contribution in [3.63, 3.8) is 0 Å². The quantitative estimate of drug-likeness (QED) is 0.305. The summed E-state index contributed by atoms with van der Waals surface area (Å²) in [5.41, 5.74) is 0. The van der Waals surface area contributed by atoms with Gasteiger partial charge in [0.25, 0.3) is 0 Å². The number of hydrogen-bond donors (Lipinski definition) is 1. The molecule has 124 valence electrons. The maximum Gasteiger partial charge on any atom is 0.303 e. The van der Waals surface area contributed by atoms with Gasteiger partial charge in [-0.1, -0.05) is 68.4 Å². The van der Waals surface area contributed by atoms with Crippen LogP contribution in [0.25, 0.3) is 0 Å². The molecule has 0 saturated carbocycles. The van der Waals surface area contributed by atoms with Crippen molar-refractivity contribution in [1.82, 2.24) is 0 Å². The molecule has 0 atom stereocenters. The Morgan fingerprint density at radius 3 is 1.64 bits per heavy atom. The van der Waals surface area contributed by atoms with E-state index in [-0.39, 0.29) is 6.42 Å². The molecule has 0 unspecified atom stereocenters. The molecule has 0 heterocycles. The van der Waals surface area contributed by atoms with Crippen LogP contribution in [0.3, 0.4) is 0 Å². The molecule has 0 aromatic rings. The Bertz CT molecular complexity index is 362. The zero-order valence-corrected chi connectivity index (χ0v) is 14.0. The van der Waals surface area contributed by atoms with Crippen LogP contribution in [-0.4, -0.2) is 11.1 Å². The summed E-state index contributed by atoms with van der Waals surface area (Å²) in [7, 11) is 0. The van der Waals surface area contributed by atoms with Crippen LogP contribution < -0.4 is 0 Å². The monoisotopic (exact) mass is 304 g/mol. The number of carboxylic acid groups (broad SMARTS) is 1. The first kappa shape index (κ1) is 20.4. The second-order valence-corrected chi connectivity index (χ2v) is 5.37. The Labute approximate surface area is 136 Å². The van der Waals surface area contributed by atoms with Gasteiger partial charge >= 0.3 is 5.97 Å². The zero-order valence-electron chi connectivity index (χ0n) is 14.0. The first-order valence-corrected chi connectivity index (χ1v) is 8.59. The smallest absolute Gasteiger partial charge is 0.303 e. The van der Waals surface area contributed by atoms with E-state index in [1.807, 2.05) is 0 Å². The minimum atomic E-state index is -0.712. The lowest BCUT2D eigenvalue weighted by atomic mass is 10.2.